The highest BCUT2D eigenvalue weighted by atomic mass is 19.4. The number of aryl methyl sites for hydroxylation is 1. The van der Waals surface area contributed by atoms with Gasteiger partial charge in [0, 0.05) is 57.5 Å². The monoisotopic (exact) mass is 435 g/mol. The average molecular weight is 435 g/mol. The van der Waals surface area contributed by atoms with Crippen LogP contribution in [0.25, 0.3) is 5.65 Å². The highest BCUT2D eigenvalue weighted by molar-refractivity contribution is 5.73. The lowest BCUT2D eigenvalue weighted by atomic mass is 10.1. The second-order valence-electron chi connectivity index (χ2n) is 7.15. The smallest absolute Gasteiger partial charge is 0.475 e. The second-order valence-corrected chi connectivity index (χ2v) is 7.15. The van der Waals surface area contributed by atoms with Gasteiger partial charge in [0.1, 0.15) is 0 Å². The third kappa shape index (κ3) is 5.94. The van der Waals surface area contributed by atoms with Gasteiger partial charge in [-0.1, -0.05) is 31.2 Å². The number of carboxylic acids is 1. The maximum absolute atomic E-state index is 10.6. The average Bonchev–Trinajstić information content (AvgIpc) is 3.24. The number of hydrogen-bond acceptors (Lipinski definition) is 5. The van der Waals surface area contributed by atoms with Crippen molar-refractivity contribution in [2.24, 2.45) is 0 Å². The Labute approximate surface area is 177 Å². The number of imidazole rings is 1. The molecule has 166 valence electrons. The van der Waals surface area contributed by atoms with Gasteiger partial charge in [0.05, 0.1) is 0 Å². The Morgan fingerprint density at radius 3 is 2.10 bits per heavy atom. The zero-order valence-corrected chi connectivity index (χ0v) is 17.1. The number of halogens is 3. The van der Waals surface area contributed by atoms with Crippen molar-refractivity contribution in [2.75, 3.05) is 31.1 Å². The minimum absolute atomic E-state index is 0.945. The van der Waals surface area contributed by atoms with Gasteiger partial charge >= 0.3 is 12.1 Å². The van der Waals surface area contributed by atoms with Gasteiger partial charge in [0.15, 0.2) is 11.5 Å². The molecule has 4 rings (SSSR count). The molecule has 3 heterocycles. The summed E-state index contributed by atoms with van der Waals surface area (Å²) in [5, 5.41) is 7.12. The summed E-state index contributed by atoms with van der Waals surface area (Å²) < 4.78 is 33.8. The van der Waals surface area contributed by atoms with Crippen molar-refractivity contribution in [2.45, 2.75) is 26.1 Å². The zero-order valence-electron chi connectivity index (χ0n) is 17.1. The van der Waals surface area contributed by atoms with Crippen LogP contribution in [0.4, 0.5) is 19.0 Å². The molecule has 0 radical (unpaired) electrons. The molecule has 1 saturated heterocycles. The van der Waals surface area contributed by atoms with Gasteiger partial charge in [-0.2, -0.15) is 13.2 Å². The molecule has 0 bridgehead atoms. The van der Waals surface area contributed by atoms with Crippen LogP contribution in [0, 0.1) is 0 Å². The van der Waals surface area contributed by atoms with Gasteiger partial charge in [-0.3, -0.25) is 4.90 Å². The van der Waals surface area contributed by atoms with Gasteiger partial charge in [0.25, 0.3) is 0 Å². The van der Waals surface area contributed by atoms with E-state index in [1.807, 2.05) is 29.2 Å². The lowest BCUT2D eigenvalue weighted by Crippen LogP contribution is -2.46. The fourth-order valence-corrected chi connectivity index (χ4v) is 3.32. The molecule has 1 aliphatic heterocycles. The zero-order chi connectivity index (χ0) is 22.4. The number of nitrogens with zero attached hydrogens (tertiary/aromatic N) is 5. The van der Waals surface area contributed by atoms with Gasteiger partial charge < -0.3 is 14.4 Å². The van der Waals surface area contributed by atoms with E-state index in [9.17, 15) is 13.2 Å². The van der Waals surface area contributed by atoms with Crippen LogP contribution in [-0.2, 0) is 17.8 Å². The third-order valence-electron chi connectivity index (χ3n) is 5.04. The van der Waals surface area contributed by atoms with Crippen molar-refractivity contribution in [1.82, 2.24) is 19.3 Å². The number of carbonyl (C=O) groups is 1. The molecule has 2 aromatic heterocycles. The molecule has 10 heteroatoms. The molecule has 0 unspecified atom stereocenters. The summed E-state index contributed by atoms with van der Waals surface area (Å²) in [6, 6.07) is 9.01. The van der Waals surface area contributed by atoms with Gasteiger partial charge in [-0.15, -0.1) is 0 Å². The SMILES string of the molecule is CCc1ccc(CN2CCN(c3nccn4ccnc34)CC2)cc1.O=C(O)C(F)(F)F. The predicted octanol–water partition coefficient (Wildman–Crippen LogP) is 3.25. The fourth-order valence-electron chi connectivity index (χ4n) is 3.32. The first-order valence-electron chi connectivity index (χ1n) is 9.91. The molecule has 1 fully saturated rings. The highest BCUT2D eigenvalue weighted by Gasteiger charge is 2.38. The van der Waals surface area contributed by atoms with Gasteiger partial charge in [-0.25, -0.2) is 14.8 Å². The summed E-state index contributed by atoms with van der Waals surface area (Å²) >= 11 is 0. The van der Waals surface area contributed by atoms with Crippen molar-refractivity contribution < 1.29 is 23.1 Å². The van der Waals surface area contributed by atoms with Crippen LogP contribution in [0.3, 0.4) is 0 Å². The number of fused-ring (bicyclic) bond motifs is 1. The van der Waals surface area contributed by atoms with E-state index in [1.54, 1.807) is 0 Å². The van der Waals surface area contributed by atoms with Crippen LogP contribution in [0.2, 0.25) is 0 Å². The van der Waals surface area contributed by atoms with Gasteiger partial charge in [0.2, 0.25) is 0 Å². The quantitative estimate of drug-likeness (QED) is 0.678. The lowest BCUT2D eigenvalue weighted by Gasteiger charge is -2.35. The minimum Gasteiger partial charge on any atom is -0.475 e. The molecular weight excluding hydrogens is 411 g/mol. The van der Waals surface area contributed by atoms with E-state index in [1.165, 1.54) is 11.1 Å². The standard InChI is InChI=1S/C19H23N5.C2HF3O2/c1-2-16-3-5-17(6-4-16)15-22-11-13-24(14-12-22)19-18-20-7-9-23(18)10-8-21-19;3-2(4,5)1(6)7/h3-10H,2,11-15H2,1H3;(H,6,7). The van der Waals surface area contributed by atoms with E-state index < -0.39 is 12.1 Å². The maximum Gasteiger partial charge on any atom is 0.490 e. The first-order chi connectivity index (χ1) is 14.8. The normalized spacial score (nSPS) is 14.9. The predicted molar refractivity (Wildman–Crippen MR) is 110 cm³/mol. The summed E-state index contributed by atoms with van der Waals surface area (Å²) in [7, 11) is 0. The molecule has 0 spiro atoms. The summed E-state index contributed by atoms with van der Waals surface area (Å²) in [5.74, 6) is -1.76. The van der Waals surface area contributed by atoms with E-state index >= 15 is 0 Å². The topological polar surface area (TPSA) is 74.0 Å². The van der Waals surface area contributed by atoms with Crippen molar-refractivity contribution in [3.63, 3.8) is 0 Å². The second kappa shape index (κ2) is 9.78. The van der Waals surface area contributed by atoms with Crippen molar-refractivity contribution >= 4 is 17.4 Å². The van der Waals surface area contributed by atoms with Crippen LogP contribution in [0.5, 0.6) is 0 Å². The fraction of sp³-hybridized carbons (Fsp3) is 0.381. The number of benzene rings is 1. The van der Waals surface area contributed by atoms with E-state index in [2.05, 4.69) is 51.0 Å². The molecule has 0 saturated carbocycles. The first-order valence-corrected chi connectivity index (χ1v) is 9.91. The number of aromatic nitrogens is 3. The molecular formula is C21H24F3N5O2. The number of aliphatic carboxylic acids is 1. The van der Waals surface area contributed by atoms with Crippen LogP contribution in [-0.4, -0.2) is 62.7 Å². The van der Waals surface area contributed by atoms with Gasteiger partial charge in [-0.05, 0) is 17.5 Å². The third-order valence-corrected chi connectivity index (χ3v) is 5.04. The summed E-state index contributed by atoms with van der Waals surface area (Å²) in [5.41, 5.74) is 3.75. The minimum atomic E-state index is -5.08. The number of piperazine rings is 1. The molecule has 1 aliphatic rings. The summed E-state index contributed by atoms with van der Waals surface area (Å²) in [4.78, 5) is 22.8. The Hall–Kier alpha value is -3.14. The first kappa shape index (κ1) is 22.5. The Balaban J connectivity index is 0.000000339. The largest absolute Gasteiger partial charge is 0.490 e. The molecule has 3 aromatic rings. The molecule has 31 heavy (non-hydrogen) atoms. The van der Waals surface area contributed by atoms with Crippen LogP contribution in [0.15, 0.2) is 49.1 Å². The van der Waals surface area contributed by atoms with Crippen molar-refractivity contribution in [3.05, 3.63) is 60.2 Å². The molecule has 7 nitrogen and oxygen atoms in total. The van der Waals surface area contributed by atoms with E-state index in [4.69, 9.17) is 9.90 Å². The Morgan fingerprint density at radius 2 is 1.55 bits per heavy atom. The number of hydrogen-bond donors (Lipinski definition) is 1. The molecule has 0 amide bonds. The van der Waals surface area contributed by atoms with E-state index in [0.29, 0.717) is 0 Å². The Morgan fingerprint density at radius 1 is 1.00 bits per heavy atom. The van der Waals surface area contributed by atoms with Crippen molar-refractivity contribution in [3.8, 4) is 0 Å². The molecule has 1 aromatic carbocycles. The number of alkyl halides is 3. The Kier molecular flexibility index (Phi) is 7.11. The van der Waals surface area contributed by atoms with Crippen molar-refractivity contribution in [1.29, 1.82) is 0 Å². The summed E-state index contributed by atoms with van der Waals surface area (Å²) in [6.45, 7) is 7.32. The highest BCUT2D eigenvalue weighted by Crippen LogP contribution is 2.19. The Bertz CT molecular complexity index is 996. The van der Waals surface area contributed by atoms with Crippen LogP contribution < -0.4 is 4.90 Å². The lowest BCUT2D eigenvalue weighted by molar-refractivity contribution is -0.192. The van der Waals surface area contributed by atoms with E-state index in [-0.39, 0.29) is 0 Å². The maximum atomic E-state index is 10.6. The van der Waals surface area contributed by atoms with Crippen LogP contribution in [0.1, 0.15) is 18.1 Å². The molecule has 1 N–H and O–H groups in total. The molecule has 0 atom stereocenters. The van der Waals surface area contributed by atoms with Crippen LogP contribution >= 0.6 is 0 Å². The molecule has 0 aliphatic carbocycles. The summed E-state index contributed by atoms with van der Waals surface area (Å²) in [6.07, 6.45) is 3.62. The number of rotatable bonds is 4. The van der Waals surface area contributed by atoms with E-state index in [0.717, 1.165) is 50.6 Å². The number of carboxylic acid groups (broad SMARTS) is 1. The number of anilines is 1.